The summed E-state index contributed by atoms with van der Waals surface area (Å²) in [6.45, 7) is 5.13. The van der Waals surface area contributed by atoms with E-state index in [1.54, 1.807) is 0 Å². The number of hydrogen-bond acceptors (Lipinski definition) is 8. The van der Waals surface area contributed by atoms with Crippen LogP contribution in [0.4, 0.5) is 0 Å². The first-order valence-corrected chi connectivity index (χ1v) is 15.8. The molecule has 4 rings (SSSR count). The van der Waals surface area contributed by atoms with Gasteiger partial charge >= 0.3 is 0 Å². The predicted octanol–water partition coefficient (Wildman–Crippen LogP) is 2.95. The fourth-order valence-corrected chi connectivity index (χ4v) is 6.60. The van der Waals surface area contributed by atoms with E-state index in [2.05, 4.69) is 54.1 Å². The SMILES string of the molecule is CCCNC(O)C1CCC2CCCCC(NC(=O)C(CC3C=CC(C)=CC3)NC(O)OCC3=CC=CCC3)C(O)N21. The van der Waals surface area contributed by atoms with Crippen molar-refractivity contribution in [2.45, 2.75) is 128 Å². The molecular formula is C32H52N4O5. The number of nitrogens with zero attached hydrogens (tertiary/aromatic N) is 1. The molecule has 0 aromatic carbocycles. The number of amides is 1. The number of rotatable bonds is 13. The van der Waals surface area contributed by atoms with Gasteiger partial charge in [-0.15, -0.1) is 0 Å². The molecule has 0 radical (unpaired) electrons. The third-order valence-corrected chi connectivity index (χ3v) is 8.96. The highest BCUT2D eigenvalue weighted by Crippen LogP contribution is 2.34. The van der Waals surface area contributed by atoms with Crippen molar-refractivity contribution < 1.29 is 24.9 Å². The molecule has 0 aromatic heterocycles. The Balaban J connectivity index is 1.43. The molecular weight excluding hydrogens is 520 g/mol. The zero-order valence-corrected chi connectivity index (χ0v) is 24.9. The second kappa shape index (κ2) is 16.1. The topological polar surface area (TPSA) is 126 Å². The van der Waals surface area contributed by atoms with Crippen molar-refractivity contribution in [2.75, 3.05) is 13.2 Å². The molecule has 2 aliphatic heterocycles. The third kappa shape index (κ3) is 9.32. The van der Waals surface area contributed by atoms with Crippen LogP contribution < -0.4 is 16.0 Å². The van der Waals surface area contributed by atoms with Crippen LogP contribution in [0.3, 0.4) is 0 Å². The Morgan fingerprint density at radius 2 is 2.02 bits per heavy atom. The molecule has 2 saturated heterocycles. The molecule has 1 amide bonds. The Labute approximate surface area is 245 Å². The Morgan fingerprint density at radius 1 is 1.20 bits per heavy atom. The quantitative estimate of drug-likeness (QED) is 0.186. The second-order valence-electron chi connectivity index (χ2n) is 12.2. The lowest BCUT2D eigenvalue weighted by molar-refractivity contribution is -0.142. The lowest BCUT2D eigenvalue weighted by Crippen LogP contribution is -2.61. The molecule has 0 spiro atoms. The van der Waals surface area contributed by atoms with E-state index in [4.69, 9.17) is 4.74 Å². The molecule has 0 aromatic rings. The van der Waals surface area contributed by atoms with Crippen molar-refractivity contribution in [3.05, 3.63) is 47.6 Å². The van der Waals surface area contributed by atoms with Gasteiger partial charge in [0.15, 0.2) is 0 Å². The fourth-order valence-electron chi connectivity index (χ4n) is 6.60. The van der Waals surface area contributed by atoms with E-state index in [9.17, 15) is 20.1 Å². The van der Waals surface area contributed by atoms with Crippen LogP contribution in [0.2, 0.25) is 0 Å². The van der Waals surface area contributed by atoms with Crippen molar-refractivity contribution in [1.82, 2.24) is 20.9 Å². The summed E-state index contributed by atoms with van der Waals surface area (Å²) in [5.74, 6) is -0.108. The van der Waals surface area contributed by atoms with Crippen molar-refractivity contribution in [3.63, 3.8) is 0 Å². The molecule has 2 fully saturated rings. The first-order valence-electron chi connectivity index (χ1n) is 15.8. The van der Waals surface area contributed by atoms with E-state index in [0.29, 0.717) is 26.0 Å². The number of allylic oxidation sites excluding steroid dienone is 7. The van der Waals surface area contributed by atoms with Crippen molar-refractivity contribution in [3.8, 4) is 0 Å². The largest absolute Gasteiger partial charge is 0.377 e. The Kier molecular flexibility index (Phi) is 12.6. The van der Waals surface area contributed by atoms with Crippen LogP contribution in [-0.2, 0) is 9.53 Å². The smallest absolute Gasteiger partial charge is 0.237 e. The minimum atomic E-state index is -1.29. The van der Waals surface area contributed by atoms with E-state index in [1.807, 2.05) is 17.1 Å². The summed E-state index contributed by atoms with van der Waals surface area (Å²) in [7, 11) is 0. The van der Waals surface area contributed by atoms with E-state index in [0.717, 1.165) is 63.4 Å². The Hall–Kier alpha value is -1.85. The van der Waals surface area contributed by atoms with Gasteiger partial charge in [0.1, 0.15) is 12.5 Å². The summed E-state index contributed by atoms with van der Waals surface area (Å²) in [4.78, 5) is 15.8. The fraction of sp³-hybridized carbons (Fsp3) is 0.719. The molecule has 2 aliphatic carbocycles. The van der Waals surface area contributed by atoms with Gasteiger partial charge in [0.25, 0.3) is 0 Å². The maximum Gasteiger partial charge on any atom is 0.237 e. The van der Waals surface area contributed by atoms with Crippen LogP contribution in [0.1, 0.15) is 84.5 Å². The average molecular weight is 573 g/mol. The van der Waals surface area contributed by atoms with Gasteiger partial charge < -0.3 is 25.4 Å². The van der Waals surface area contributed by atoms with Gasteiger partial charge in [-0.3, -0.25) is 20.3 Å². The highest BCUT2D eigenvalue weighted by molar-refractivity contribution is 5.82. The second-order valence-corrected chi connectivity index (χ2v) is 12.2. The van der Waals surface area contributed by atoms with E-state index in [1.165, 1.54) is 5.57 Å². The van der Waals surface area contributed by atoms with Crippen LogP contribution in [0.15, 0.2) is 47.6 Å². The summed E-state index contributed by atoms with van der Waals surface area (Å²) in [6, 6.07) is -1.20. The minimum Gasteiger partial charge on any atom is -0.377 e. The Bertz CT molecular complexity index is 966. The molecule has 41 heavy (non-hydrogen) atoms. The van der Waals surface area contributed by atoms with Crippen molar-refractivity contribution in [1.29, 1.82) is 0 Å². The lowest BCUT2D eigenvalue weighted by Gasteiger charge is -2.42. The number of aliphatic hydroxyl groups is 3. The number of carbonyl (C=O) groups is 1. The van der Waals surface area contributed by atoms with Gasteiger partial charge in [0.2, 0.25) is 12.3 Å². The standard InChI is InChI=1S/C32H52N4O5/c1-3-19-33-30(38)28-18-17-25-11-7-8-12-26(31(39)36(25)28)34-29(37)27(20-23-15-13-22(2)14-16-23)35-32(40)41-21-24-9-5-4-6-10-24/h4-5,9,13-15,23,25-28,30-33,35,38-40H,3,6-8,10-12,16-21H2,1-2H3,(H,34,37). The zero-order valence-electron chi connectivity index (χ0n) is 24.9. The van der Waals surface area contributed by atoms with Gasteiger partial charge in [-0.05, 0) is 82.7 Å². The minimum absolute atomic E-state index is 0.148. The number of carbonyl (C=O) groups excluding carboxylic acids is 1. The average Bonchev–Trinajstić information content (AvgIpc) is 3.40. The predicted molar refractivity (Wildman–Crippen MR) is 160 cm³/mol. The number of aliphatic hydroxyl groups excluding tert-OH is 3. The highest BCUT2D eigenvalue weighted by Gasteiger charge is 2.44. The summed E-state index contributed by atoms with van der Waals surface area (Å²) in [5.41, 5.74) is 2.31. The number of nitrogens with one attached hydrogen (secondary N) is 3. The molecule has 6 N–H and O–H groups in total. The number of ether oxygens (including phenoxy) is 1. The van der Waals surface area contributed by atoms with E-state index < -0.39 is 31.0 Å². The van der Waals surface area contributed by atoms with Crippen LogP contribution >= 0.6 is 0 Å². The van der Waals surface area contributed by atoms with Gasteiger partial charge in [0.05, 0.1) is 24.7 Å². The summed E-state index contributed by atoms with van der Waals surface area (Å²) in [5, 5.41) is 42.6. The molecule has 9 nitrogen and oxygen atoms in total. The first kappa shape index (κ1) is 32.1. The van der Waals surface area contributed by atoms with Gasteiger partial charge in [-0.1, -0.05) is 61.8 Å². The van der Waals surface area contributed by atoms with Gasteiger partial charge in [-0.25, -0.2) is 0 Å². The van der Waals surface area contributed by atoms with E-state index in [-0.39, 0.29) is 23.9 Å². The van der Waals surface area contributed by atoms with Crippen LogP contribution in [0, 0.1) is 5.92 Å². The number of fused-ring (bicyclic) bond motifs is 1. The number of hydrogen-bond donors (Lipinski definition) is 6. The monoisotopic (exact) mass is 572 g/mol. The van der Waals surface area contributed by atoms with E-state index >= 15 is 0 Å². The molecule has 9 heteroatoms. The van der Waals surface area contributed by atoms with Crippen LogP contribution in [0.5, 0.6) is 0 Å². The molecule has 0 saturated carbocycles. The molecule has 230 valence electrons. The summed E-state index contributed by atoms with van der Waals surface area (Å²) in [6.07, 6.45) is 18.9. The normalized spacial score (nSPS) is 30.9. The molecule has 4 aliphatic rings. The molecule has 8 atom stereocenters. The highest BCUT2D eigenvalue weighted by atomic mass is 16.6. The van der Waals surface area contributed by atoms with Crippen LogP contribution in [0.25, 0.3) is 0 Å². The third-order valence-electron chi connectivity index (χ3n) is 8.96. The molecule has 0 bridgehead atoms. The maximum absolute atomic E-state index is 13.8. The summed E-state index contributed by atoms with van der Waals surface area (Å²) < 4.78 is 5.69. The molecule has 2 heterocycles. The van der Waals surface area contributed by atoms with Crippen molar-refractivity contribution in [2.24, 2.45) is 5.92 Å². The van der Waals surface area contributed by atoms with Gasteiger partial charge in [0, 0.05) is 6.04 Å². The first-order chi connectivity index (χ1) is 19.9. The summed E-state index contributed by atoms with van der Waals surface area (Å²) >= 11 is 0. The maximum atomic E-state index is 13.8. The zero-order chi connectivity index (χ0) is 29.2. The Morgan fingerprint density at radius 3 is 2.76 bits per heavy atom. The lowest BCUT2D eigenvalue weighted by atomic mass is 9.90. The van der Waals surface area contributed by atoms with Crippen molar-refractivity contribution >= 4 is 5.91 Å². The molecule has 8 unspecified atom stereocenters. The van der Waals surface area contributed by atoms with Crippen LogP contribution in [-0.4, -0.2) is 82.3 Å². The van der Waals surface area contributed by atoms with Gasteiger partial charge in [-0.2, -0.15) is 0 Å².